The fourth-order valence-corrected chi connectivity index (χ4v) is 5.56. The molecule has 0 radical (unpaired) electrons. The standard InChI is InChI=1S/C29H39N3O4/c1-21(2)18-24-20-36-25-10-6-5-9-22(25)8-4-3-7-12-29(28(35)31-24)13-16-32(17-14-29)27(34)23-11-15-30-26(33)19-23/h5-6,9-11,15,19,21,24H,3-4,7-8,12-14,16-18,20H2,1-2H3,(H,30,33)(H,31,35)/t24-/m0/s1. The number of likely N-dealkylation sites (tertiary alicyclic amines) is 1. The quantitative estimate of drug-likeness (QED) is 0.666. The van der Waals surface area contributed by atoms with Crippen LogP contribution >= 0.6 is 0 Å². The van der Waals surface area contributed by atoms with Gasteiger partial charge in [-0.1, -0.05) is 44.9 Å². The van der Waals surface area contributed by atoms with Gasteiger partial charge in [-0.15, -0.1) is 0 Å². The Balaban J connectivity index is 1.49. The van der Waals surface area contributed by atoms with Crippen LogP contribution in [0.2, 0.25) is 0 Å². The van der Waals surface area contributed by atoms with Crippen LogP contribution in [0.5, 0.6) is 5.75 Å². The predicted molar refractivity (Wildman–Crippen MR) is 140 cm³/mol. The first kappa shape index (κ1) is 26.0. The Morgan fingerprint density at radius 1 is 1.08 bits per heavy atom. The van der Waals surface area contributed by atoms with Crippen LogP contribution in [0.4, 0.5) is 0 Å². The fourth-order valence-electron chi connectivity index (χ4n) is 5.56. The highest BCUT2D eigenvalue weighted by Crippen LogP contribution is 2.38. The number of ether oxygens (including phenoxy) is 1. The van der Waals surface area contributed by atoms with Gasteiger partial charge in [-0.25, -0.2) is 0 Å². The van der Waals surface area contributed by atoms with E-state index in [1.165, 1.54) is 17.8 Å². The van der Waals surface area contributed by atoms with Crippen LogP contribution in [-0.4, -0.2) is 47.4 Å². The molecule has 2 N–H and O–H groups in total. The lowest BCUT2D eigenvalue weighted by molar-refractivity contribution is -0.135. The first-order chi connectivity index (χ1) is 17.4. The lowest BCUT2D eigenvalue weighted by Gasteiger charge is -2.41. The minimum absolute atomic E-state index is 0.0705. The van der Waals surface area contributed by atoms with Crippen molar-refractivity contribution in [1.29, 1.82) is 0 Å². The molecule has 1 saturated heterocycles. The van der Waals surface area contributed by atoms with Gasteiger partial charge in [0.15, 0.2) is 0 Å². The van der Waals surface area contributed by atoms with E-state index < -0.39 is 5.41 Å². The number of rotatable bonds is 3. The van der Waals surface area contributed by atoms with Gasteiger partial charge in [0.05, 0.1) is 11.5 Å². The predicted octanol–water partition coefficient (Wildman–Crippen LogP) is 4.32. The Hall–Kier alpha value is -3.09. The molecule has 1 spiro atoms. The number of pyridine rings is 1. The molecule has 1 aromatic carbocycles. The van der Waals surface area contributed by atoms with Gasteiger partial charge in [0.2, 0.25) is 11.5 Å². The summed E-state index contributed by atoms with van der Waals surface area (Å²) in [5, 5.41) is 3.35. The fraction of sp³-hybridized carbons (Fsp3) is 0.552. The van der Waals surface area contributed by atoms with Crippen LogP contribution in [0.1, 0.15) is 74.7 Å². The van der Waals surface area contributed by atoms with Crippen LogP contribution in [0, 0.1) is 11.3 Å². The number of piperidine rings is 1. The first-order valence-corrected chi connectivity index (χ1v) is 13.4. The molecule has 2 amide bonds. The normalized spacial score (nSPS) is 20.9. The highest BCUT2D eigenvalue weighted by molar-refractivity contribution is 5.94. The summed E-state index contributed by atoms with van der Waals surface area (Å²) in [5.41, 5.74) is 0.848. The largest absolute Gasteiger partial charge is 0.491 e. The molecule has 7 nitrogen and oxygen atoms in total. The number of H-pyrrole nitrogens is 1. The molecule has 1 atom stereocenters. The second-order valence-corrected chi connectivity index (χ2v) is 10.8. The van der Waals surface area contributed by atoms with Gasteiger partial charge in [0.1, 0.15) is 12.4 Å². The number of carbonyl (C=O) groups is 2. The summed E-state index contributed by atoms with van der Waals surface area (Å²) in [6, 6.07) is 11.1. The lowest BCUT2D eigenvalue weighted by atomic mass is 9.73. The van der Waals surface area contributed by atoms with Gasteiger partial charge in [-0.05, 0) is 62.1 Å². The molecule has 0 bridgehead atoms. The van der Waals surface area contributed by atoms with Gasteiger partial charge in [-0.3, -0.25) is 14.4 Å². The van der Waals surface area contributed by atoms with E-state index in [1.807, 2.05) is 12.1 Å². The number of carbonyl (C=O) groups excluding carboxylic acids is 2. The first-order valence-electron chi connectivity index (χ1n) is 13.4. The van der Waals surface area contributed by atoms with Crippen LogP contribution in [0.25, 0.3) is 0 Å². The molecule has 1 fully saturated rings. The third-order valence-corrected chi connectivity index (χ3v) is 7.62. The number of amides is 2. The molecule has 36 heavy (non-hydrogen) atoms. The van der Waals surface area contributed by atoms with E-state index in [-0.39, 0.29) is 23.4 Å². The molecule has 2 aromatic rings. The van der Waals surface area contributed by atoms with Crippen molar-refractivity contribution in [3.8, 4) is 5.75 Å². The van der Waals surface area contributed by atoms with Crippen molar-refractivity contribution < 1.29 is 14.3 Å². The maximum absolute atomic E-state index is 13.8. The Morgan fingerprint density at radius 2 is 1.86 bits per heavy atom. The summed E-state index contributed by atoms with van der Waals surface area (Å²) in [6.07, 6.45) is 8.48. The Morgan fingerprint density at radius 3 is 2.61 bits per heavy atom. The van der Waals surface area contributed by atoms with Gasteiger partial charge >= 0.3 is 0 Å². The number of hydrogen-bond donors (Lipinski definition) is 2. The third kappa shape index (κ3) is 6.37. The van der Waals surface area contributed by atoms with Crippen molar-refractivity contribution in [3.05, 3.63) is 64.1 Å². The molecule has 7 heteroatoms. The Bertz CT molecular complexity index is 1100. The van der Waals surface area contributed by atoms with Crippen LogP contribution in [-0.2, 0) is 11.2 Å². The SMILES string of the molecule is CC(C)C[C@H]1COc2ccccc2CCCCCC2(CCN(C(=O)c3cc[nH]c(=O)c3)CC2)C(=O)N1. The van der Waals surface area contributed by atoms with E-state index in [9.17, 15) is 14.4 Å². The zero-order chi connectivity index (χ0) is 25.5. The molecule has 0 unspecified atom stereocenters. The molecular formula is C29H39N3O4. The number of hydrogen-bond acceptors (Lipinski definition) is 4. The average molecular weight is 494 g/mol. The highest BCUT2D eigenvalue weighted by atomic mass is 16.5. The number of aryl methyl sites for hydroxylation is 1. The Labute approximate surface area is 213 Å². The monoisotopic (exact) mass is 493 g/mol. The highest BCUT2D eigenvalue weighted by Gasteiger charge is 2.42. The molecule has 4 rings (SSSR count). The smallest absolute Gasteiger partial charge is 0.254 e. The summed E-state index contributed by atoms with van der Waals surface area (Å²) in [6.45, 7) is 5.79. The number of benzene rings is 1. The van der Waals surface area contributed by atoms with E-state index in [0.29, 0.717) is 44.0 Å². The molecule has 0 aliphatic carbocycles. The van der Waals surface area contributed by atoms with Crippen molar-refractivity contribution >= 4 is 11.8 Å². The van der Waals surface area contributed by atoms with E-state index in [1.54, 1.807) is 11.0 Å². The van der Waals surface area contributed by atoms with E-state index in [4.69, 9.17) is 4.74 Å². The second kappa shape index (κ2) is 11.8. The van der Waals surface area contributed by atoms with Crippen molar-refractivity contribution in [1.82, 2.24) is 15.2 Å². The summed E-state index contributed by atoms with van der Waals surface area (Å²) in [4.78, 5) is 42.8. The van der Waals surface area contributed by atoms with Crippen molar-refractivity contribution in [2.24, 2.45) is 11.3 Å². The zero-order valence-electron chi connectivity index (χ0n) is 21.6. The summed E-state index contributed by atoms with van der Waals surface area (Å²) in [7, 11) is 0. The summed E-state index contributed by atoms with van der Waals surface area (Å²) < 4.78 is 6.25. The number of nitrogens with one attached hydrogen (secondary N) is 2. The van der Waals surface area contributed by atoms with Crippen LogP contribution in [0.3, 0.4) is 0 Å². The maximum atomic E-state index is 13.8. The summed E-state index contributed by atoms with van der Waals surface area (Å²) in [5.74, 6) is 1.28. The lowest BCUT2D eigenvalue weighted by Crippen LogP contribution is -2.53. The Kier molecular flexibility index (Phi) is 8.49. The van der Waals surface area contributed by atoms with E-state index in [2.05, 4.69) is 36.3 Å². The van der Waals surface area contributed by atoms with Crippen LogP contribution < -0.4 is 15.6 Å². The third-order valence-electron chi connectivity index (χ3n) is 7.62. The van der Waals surface area contributed by atoms with Crippen molar-refractivity contribution in [2.75, 3.05) is 19.7 Å². The molecule has 2 aliphatic heterocycles. The van der Waals surface area contributed by atoms with Crippen molar-refractivity contribution in [3.63, 3.8) is 0 Å². The summed E-state index contributed by atoms with van der Waals surface area (Å²) >= 11 is 0. The van der Waals surface area contributed by atoms with Gasteiger partial charge < -0.3 is 19.9 Å². The minimum atomic E-state index is -0.485. The van der Waals surface area contributed by atoms with Gasteiger partial charge in [-0.2, -0.15) is 0 Å². The van der Waals surface area contributed by atoms with Crippen molar-refractivity contribution in [2.45, 2.75) is 71.3 Å². The van der Waals surface area contributed by atoms with Crippen LogP contribution in [0.15, 0.2) is 47.4 Å². The average Bonchev–Trinajstić information content (AvgIpc) is 2.87. The number of fused-ring (bicyclic) bond motifs is 1. The van der Waals surface area contributed by atoms with E-state index >= 15 is 0 Å². The number of aromatic amines is 1. The molecule has 0 saturated carbocycles. The number of para-hydroxylation sites is 1. The number of aromatic nitrogens is 1. The molecule has 194 valence electrons. The second-order valence-electron chi connectivity index (χ2n) is 10.8. The van der Waals surface area contributed by atoms with E-state index in [0.717, 1.165) is 44.3 Å². The zero-order valence-corrected chi connectivity index (χ0v) is 21.6. The number of nitrogens with zero attached hydrogens (tertiary/aromatic N) is 1. The maximum Gasteiger partial charge on any atom is 0.254 e. The molecule has 1 aromatic heterocycles. The molecule has 2 aliphatic rings. The molecule has 3 heterocycles. The van der Waals surface area contributed by atoms with Gasteiger partial charge in [0, 0.05) is 30.9 Å². The topological polar surface area (TPSA) is 91.5 Å². The minimum Gasteiger partial charge on any atom is -0.491 e. The van der Waals surface area contributed by atoms with Gasteiger partial charge in [0.25, 0.3) is 5.91 Å². The molecular weight excluding hydrogens is 454 g/mol.